The van der Waals surface area contributed by atoms with Gasteiger partial charge in [0.05, 0.1) is 6.04 Å². The lowest BCUT2D eigenvalue weighted by Crippen LogP contribution is -2.50. The summed E-state index contributed by atoms with van der Waals surface area (Å²) in [5, 5.41) is 3.49. The van der Waals surface area contributed by atoms with Crippen molar-refractivity contribution in [3.8, 4) is 0 Å². The first kappa shape index (κ1) is 11.9. The third-order valence-electron chi connectivity index (χ3n) is 3.72. The molecule has 0 aromatic heterocycles. The van der Waals surface area contributed by atoms with E-state index in [0.29, 0.717) is 12.1 Å². The third kappa shape index (κ3) is 2.74. The molecular formula is C12H23N3O. The molecule has 1 saturated carbocycles. The summed E-state index contributed by atoms with van der Waals surface area (Å²) < 4.78 is 0. The lowest BCUT2D eigenvalue weighted by Gasteiger charge is -2.31. The number of nitrogens with two attached hydrogens (primary N) is 1. The van der Waals surface area contributed by atoms with Gasteiger partial charge in [-0.3, -0.25) is 9.69 Å². The maximum Gasteiger partial charge on any atom is 0.234 e. The number of amides is 1. The van der Waals surface area contributed by atoms with E-state index in [1.807, 2.05) is 6.92 Å². The quantitative estimate of drug-likeness (QED) is 0.691. The molecule has 0 aromatic carbocycles. The Labute approximate surface area is 97.6 Å². The molecule has 0 bridgehead atoms. The Bertz CT molecular complexity index is 247. The second-order valence-electron chi connectivity index (χ2n) is 5.05. The molecule has 92 valence electrons. The molecule has 2 aliphatic rings. The molecule has 4 heteroatoms. The summed E-state index contributed by atoms with van der Waals surface area (Å²) in [6, 6.07) is 1.11. The Morgan fingerprint density at radius 1 is 1.50 bits per heavy atom. The molecule has 1 aliphatic heterocycles. The van der Waals surface area contributed by atoms with Crippen LogP contribution in [0.1, 0.15) is 39.0 Å². The van der Waals surface area contributed by atoms with Crippen molar-refractivity contribution in [2.45, 2.75) is 57.2 Å². The highest BCUT2D eigenvalue weighted by atomic mass is 16.1. The number of rotatable bonds is 6. The maximum atomic E-state index is 11.4. The monoisotopic (exact) mass is 225 g/mol. The molecule has 1 heterocycles. The third-order valence-corrected chi connectivity index (χ3v) is 3.72. The van der Waals surface area contributed by atoms with Gasteiger partial charge in [-0.25, -0.2) is 0 Å². The Morgan fingerprint density at radius 3 is 2.69 bits per heavy atom. The number of nitrogens with zero attached hydrogens (tertiary/aromatic N) is 1. The van der Waals surface area contributed by atoms with E-state index in [2.05, 4.69) is 10.2 Å². The Hall–Kier alpha value is -0.610. The van der Waals surface area contributed by atoms with E-state index >= 15 is 0 Å². The minimum atomic E-state index is -0.160. The van der Waals surface area contributed by atoms with Gasteiger partial charge in [0.15, 0.2) is 0 Å². The minimum Gasteiger partial charge on any atom is -0.368 e. The van der Waals surface area contributed by atoms with Crippen LogP contribution in [0.5, 0.6) is 0 Å². The fraction of sp³-hybridized carbons (Fsp3) is 0.917. The van der Waals surface area contributed by atoms with Gasteiger partial charge in [-0.15, -0.1) is 0 Å². The van der Waals surface area contributed by atoms with E-state index in [1.165, 1.54) is 25.7 Å². The molecule has 16 heavy (non-hydrogen) atoms. The topological polar surface area (TPSA) is 58.4 Å². The number of nitrogens with one attached hydrogen (secondary N) is 1. The first-order valence-corrected chi connectivity index (χ1v) is 6.50. The maximum absolute atomic E-state index is 11.4. The van der Waals surface area contributed by atoms with E-state index in [1.54, 1.807) is 0 Å². The Morgan fingerprint density at radius 2 is 2.25 bits per heavy atom. The normalized spacial score (nSPS) is 27.2. The van der Waals surface area contributed by atoms with Crippen LogP contribution in [0.15, 0.2) is 0 Å². The average molecular weight is 225 g/mol. The molecule has 1 aliphatic carbocycles. The van der Waals surface area contributed by atoms with Crippen molar-refractivity contribution >= 4 is 5.91 Å². The highest BCUT2D eigenvalue weighted by Gasteiger charge is 2.37. The predicted octanol–water partition coefficient (Wildman–Crippen LogP) is 0.467. The highest BCUT2D eigenvalue weighted by molar-refractivity contribution is 5.79. The van der Waals surface area contributed by atoms with Gasteiger partial charge >= 0.3 is 0 Å². The molecule has 3 N–H and O–H groups in total. The molecule has 0 radical (unpaired) electrons. The minimum absolute atomic E-state index is 0.0603. The summed E-state index contributed by atoms with van der Waals surface area (Å²) in [6.45, 7) is 4.16. The smallest absolute Gasteiger partial charge is 0.234 e. The summed E-state index contributed by atoms with van der Waals surface area (Å²) in [7, 11) is 0. The molecule has 0 spiro atoms. The predicted molar refractivity (Wildman–Crippen MR) is 64.0 cm³/mol. The molecule has 2 rings (SSSR count). The van der Waals surface area contributed by atoms with Crippen LogP contribution in [0.25, 0.3) is 0 Å². The van der Waals surface area contributed by atoms with Crippen molar-refractivity contribution in [2.24, 2.45) is 5.73 Å². The zero-order valence-corrected chi connectivity index (χ0v) is 10.1. The molecular weight excluding hydrogens is 202 g/mol. The van der Waals surface area contributed by atoms with Crippen LogP contribution in [-0.2, 0) is 4.79 Å². The molecule has 0 aromatic rings. The molecule has 2 atom stereocenters. The summed E-state index contributed by atoms with van der Waals surface area (Å²) in [5.74, 6) is -0.160. The number of carbonyl (C=O) groups is 1. The van der Waals surface area contributed by atoms with Gasteiger partial charge in [-0.05, 0) is 38.6 Å². The first-order chi connectivity index (χ1) is 7.72. The van der Waals surface area contributed by atoms with Crippen LogP contribution < -0.4 is 11.1 Å². The number of primary amides is 1. The lowest BCUT2D eigenvalue weighted by molar-refractivity contribution is -0.123. The summed E-state index contributed by atoms with van der Waals surface area (Å²) in [5.41, 5.74) is 5.49. The molecule has 2 fully saturated rings. The summed E-state index contributed by atoms with van der Waals surface area (Å²) in [6.07, 6.45) is 5.79. The van der Waals surface area contributed by atoms with Crippen molar-refractivity contribution in [3.05, 3.63) is 0 Å². The Balaban J connectivity index is 1.94. The van der Waals surface area contributed by atoms with Gasteiger partial charge in [0.25, 0.3) is 0 Å². The summed E-state index contributed by atoms with van der Waals surface area (Å²) in [4.78, 5) is 13.8. The van der Waals surface area contributed by atoms with E-state index < -0.39 is 0 Å². The van der Waals surface area contributed by atoms with Crippen LogP contribution in [0.3, 0.4) is 0 Å². The van der Waals surface area contributed by atoms with Crippen LogP contribution in [0.4, 0.5) is 0 Å². The highest BCUT2D eigenvalue weighted by Crippen LogP contribution is 2.30. The lowest BCUT2D eigenvalue weighted by atomic mass is 10.1. The van der Waals surface area contributed by atoms with E-state index in [4.69, 9.17) is 5.73 Å². The van der Waals surface area contributed by atoms with Crippen LogP contribution in [0.2, 0.25) is 0 Å². The fourth-order valence-electron chi connectivity index (χ4n) is 2.70. The second kappa shape index (κ2) is 5.15. The standard InChI is InChI=1S/C12H23N3O/c1-2-11(12(13)16)15(10-5-6-10)8-9-4-3-7-14-9/h9-11,14H,2-8H2,1H3,(H2,13,16). The zero-order chi connectivity index (χ0) is 11.5. The number of hydrogen-bond acceptors (Lipinski definition) is 3. The average Bonchev–Trinajstić information content (AvgIpc) is 2.96. The molecule has 1 amide bonds. The van der Waals surface area contributed by atoms with Gasteiger partial charge in [0.1, 0.15) is 0 Å². The number of carbonyl (C=O) groups excluding carboxylic acids is 1. The van der Waals surface area contributed by atoms with Crippen molar-refractivity contribution in [3.63, 3.8) is 0 Å². The largest absolute Gasteiger partial charge is 0.368 e. The van der Waals surface area contributed by atoms with Crippen molar-refractivity contribution in [2.75, 3.05) is 13.1 Å². The molecule has 2 unspecified atom stereocenters. The summed E-state index contributed by atoms with van der Waals surface area (Å²) >= 11 is 0. The van der Waals surface area contributed by atoms with E-state index in [9.17, 15) is 4.79 Å². The second-order valence-corrected chi connectivity index (χ2v) is 5.05. The molecule has 1 saturated heterocycles. The van der Waals surface area contributed by atoms with Crippen molar-refractivity contribution < 1.29 is 4.79 Å². The van der Waals surface area contributed by atoms with E-state index in [-0.39, 0.29) is 11.9 Å². The van der Waals surface area contributed by atoms with Crippen LogP contribution >= 0.6 is 0 Å². The van der Waals surface area contributed by atoms with Crippen LogP contribution in [-0.4, -0.2) is 42.0 Å². The van der Waals surface area contributed by atoms with Gasteiger partial charge in [0, 0.05) is 18.6 Å². The van der Waals surface area contributed by atoms with Gasteiger partial charge in [-0.1, -0.05) is 6.92 Å². The zero-order valence-electron chi connectivity index (χ0n) is 10.1. The van der Waals surface area contributed by atoms with Crippen molar-refractivity contribution in [1.82, 2.24) is 10.2 Å². The van der Waals surface area contributed by atoms with Crippen molar-refractivity contribution in [1.29, 1.82) is 0 Å². The SMILES string of the molecule is CCC(C(N)=O)N(CC1CCCN1)C1CC1. The van der Waals surface area contributed by atoms with E-state index in [0.717, 1.165) is 19.5 Å². The van der Waals surface area contributed by atoms with Gasteiger partial charge < -0.3 is 11.1 Å². The number of hydrogen-bond donors (Lipinski definition) is 2. The van der Waals surface area contributed by atoms with Gasteiger partial charge in [-0.2, -0.15) is 0 Å². The Kier molecular flexibility index (Phi) is 3.82. The fourth-order valence-corrected chi connectivity index (χ4v) is 2.70. The molecule has 4 nitrogen and oxygen atoms in total. The van der Waals surface area contributed by atoms with Crippen LogP contribution in [0, 0.1) is 0 Å². The van der Waals surface area contributed by atoms with Gasteiger partial charge in [0.2, 0.25) is 5.91 Å². The first-order valence-electron chi connectivity index (χ1n) is 6.50.